The maximum atomic E-state index is 12.2. The van der Waals surface area contributed by atoms with Crippen molar-refractivity contribution in [3.8, 4) is 0 Å². The highest BCUT2D eigenvalue weighted by atomic mass is 35.5. The van der Waals surface area contributed by atoms with Crippen LogP contribution in [-0.2, 0) is 19.4 Å². The summed E-state index contributed by atoms with van der Waals surface area (Å²) in [6, 6.07) is 11.5. The quantitative estimate of drug-likeness (QED) is 0.788. The molecule has 1 N–H and O–H groups in total. The van der Waals surface area contributed by atoms with Gasteiger partial charge in [-0.25, -0.2) is 4.98 Å². The molecular weight excluding hydrogens is 322 g/mol. The Morgan fingerprint density at radius 2 is 2.04 bits per heavy atom. The Balaban J connectivity index is 1.62. The third-order valence-electron chi connectivity index (χ3n) is 4.53. The van der Waals surface area contributed by atoms with Crippen LogP contribution < -0.4 is 10.9 Å². The van der Waals surface area contributed by atoms with E-state index in [0.717, 1.165) is 24.2 Å². The summed E-state index contributed by atoms with van der Waals surface area (Å²) in [7, 11) is 0. The number of halogens is 1. The SMILES string of the molecule is O=c1cc(CNc2cccc3c2CCCC3)nc2ccc(Cl)cn12. The molecule has 122 valence electrons. The number of rotatable bonds is 3. The number of hydrogen-bond donors (Lipinski definition) is 1. The summed E-state index contributed by atoms with van der Waals surface area (Å²) in [6.07, 6.45) is 6.37. The molecule has 2 heterocycles. The van der Waals surface area contributed by atoms with Gasteiger partial charge < -0.3 is 5.32 Å². The first-order chi connectivity index (χ1) is 11.7. The van der Waals surface area contributed by atoms with Gasteiger partial charge in [-0.2, -0.15) is 0 Å². The molecule has 4 nitrogen and oxygen atoms in total. The fraction of sp³-hybridized carbons (Fsp3) is 0.263. The molecule has 0 radical (unpaired) electrons. The number of hydrogen-bond acceptors (Lipinski definition) is 3. The van der Waals surface area contributed by atoms with Gasteiger partial charge in [-0.3, -0.25) is 9.20 Å². The van der Waals surface area contributed by atoms with Crippen molar-refractivity contribution >= 4 is 22.9 Å². The van der Waals surface area contributed by atoms with Gasteiger partial charge in [-0.1, -0.05) is 23.7 Å². The molecule has 0 saturated heterocycles. The van der Waals surface area contributed by atoms with Gasteiger partial charge in [0.15, 0.2) is 0 Å². The zero-order valence-electron chi connectivity index (χ0n) is 13.3. The lowest BCUT2D eigenvalue weighted by atomic mass is 9.90. The smallest absolute Gasteiger partial charge is 0.258 e. The highest BCUT2D eigenvalue weighted by Gasteiger charge is 2.13. The van der Waals surface area contributed by atoms with Gasteiger partial charge in [0, 0.05) is 18.0 Å². The van der Waals surface area contributed by atoms with Crippen molar-refractivity contribution in [1.82, 2.24) is 9.38 Å². The minimum Gasteiger partial charge on any atom is -0.379 e. The van der Waals surface area contributed by atoms with Crippen molar-refractivity contribution in [2.45, 2.75) is 32.2 Å². The number of nitrogens with one attached hydrogen (secondary N) is 1. The van der Waals surface area contributed by atoms with Crippen LogP contribution in [0.4, 0.5) is 5.69 Å². The molecule has 0 saturated carbocycles. The van der Waals surface area contributed by atoms with Crippen LogP contribution in [0.2, 0.25) is 5.02 Å². The number of benzene rings is 1. The lowest BCUT2D eigenvalue weighted by Gasteiger charge is -2.20. The summed E-state index contributed by atoms with van der Waals surface area (Å²) in [5.74, 6) is 0. The van der Waals surface area contributed by atoms with Crippen molar-refractivity contribution < 1.29 is 0 Å². The second-order valence-corrected chi connectivity index (χ2v) is 6.60. The third kappa shape index (κ3) is 2.89. The van der Waals surface area contributed by atoms with Crippen molar-refractivity contribution in [2.75, 3.05) is 5.32 Å². The van der Waals surface area contributed by atoms with E-state index in [-0.39, 0.29) is 5.56 Å². The summed E-state index contributed by atoms with van der Waals surface area (Å²) in [6.45, 7) is 0.533. The topological polar surface area (TPSA) is 46.4 Å². The van der Waals surface area contributed by atoms with Crippen LogP contribution in [0, 0.1) is 0 Å². The average Bonchev–Trinajstić information content (AvgIpc) is 2.60. The molecule has 1 aromatic carbocycles. The summed E-state index contributed by atoms with van der Waals surface area (Å²) in [4.78, 5) is 16.8. The standard InChI is InChI=1S/C19H18ClN3O/c20-14-8-9-18-22-15(10-19(24)23(18)12-14)11-21-17-7-3-5-13-4-1-2-6-16(13)17/h3,5,7-10,12,21H,1-2,4,6,11H2. The first kappa shape index (κ1) is 15.2. The number of fused-ring (bicyclic) bond motifs is 2. The van der Waals surface area contributed by atoms with E-state index in [9.17, 15) is 4.79 Å². The van der Waals surface area contributed by atoms with Crippen LogP contribution in [0.25, 0.3) is 5.65 Å². The maximum absolute atomic E-state index is 12.2. The predicted octanol–water partition coefficient (Wildman–Crippen LogP) is 3.84. The minimum absolute atomic E-state index is 0.116. The number of aryl methyl sites for hydroxylation is 1. The molecule has 24 heavy (non-hydrogen) atoms. The molecular formula is C19H18ClN3O. The van der Waals surface area contributed by atoms with Crippen LogP contribution in [0.3, 0.4) is 0 Å². The highest BCUT2D eigenvalue weighted by molar-refractivity contribution is 6.30. The van der Waals surface area contributed by atoms with E-state index in [0.29, 0.717) is 17.2 Å². The zero-order valence-corrected chi connectivity index (χ0v) is 14.0. The van der Waals surface area contributed by atoms with Crippen LogP contribution in [0.5, 0.6) is 0 Å². The van der Waals surface area contributed by atoms with E-state index in [2.05, 4.69) is 28.5 Å². The molecule has 0 atom stereocenters. The van der Waals surface area contributed by atoms with Gasteiger partial charge in [0.25, 0.3) is 5.56 Å². The molecule has 5 heteroatoms. The molecule has 0 spiro atoms. The second-order valence-electron chi connectivity index (χ2n) is 6.17. The molecule has 3 aromatic rings. The fourth-order valence-electron chi connectivity index (χ4n) is 3.35. The van der Waals surface area contributed by atoms with E-state index in [1.807, 2.05) is 0 Å². The first-order valence-electron chi connectivity index (χ1n) is 8.23. The van der Waals surface area contributed by atoms with E-state index in [1.165, 1.54) is 28.4 Å². The number of pyridine rings is 1. The Morgan fingerprint density at radius 3 is 2.96 bits per heavy atom. The normalized spacial score (nSPS) is 13.7. The molecule has 0 amide bonds. The largest absolute Gasteiger partial charge is 0.379 e. The van der Waals surface area contributed by atoms with Gasteiger partial charge in [0.05, 0.1) is 17.3 Å². The lowest BCUT2D eigenvalue weighted by molar-refractivity contribution is 0.686. The number of nitrogens with zero attached hydrogens (tertiary/aromatic N) is 2. The minimum atomic E-state index is -0.116. The van der Waals surface area contributed by atoms with Crippen molar-refractivity contribution in [3.63, 3.8) is 0 Å². The predicted molar refractivity (Wildman–Crippen MR) is 96.9 cm³/mol. The average molecular weight is 340 g/mol. The number of aromatic nitrogens is 2. The molecule has 0 aliphatic heterocycles. The highest BCUT2D eigenvalue weighted by Crippen LogP contribution is 2.28. The molecule has 1 aliphatic rings. The number of anilines is 1. The molecule has 2 aromatic heterocycles. The molecule has 0 unspecified atom stereocenters. The van der Waals surface area contributed by atoms with Gasteiger partial charge in [-0.15, -0.1) is 0 Å². The second kappa shape index (κ2) is 6.29. The van der Waals surface area contributed by atoms with Crippen molar-refractivity contribution in [2.24, 2.45) is 0 Å². The van der Waals surface area contributed by atoms with E-state index >= 15 is 0 Å². The summed E-state index contributed by atoms with van der Waals surface area (Å²) in [5, 5.41) is 3.98. The molecule has 1 aliphatic carbocycles. The van der Waals surface area contributed by atoms with E-state index in [1.54, 1.807) is 24.4 Å². The van der Waals surface area contributed by atoms with Gasteiger partial charge in [0.2, 0.25) is 0 Å². The van der Waals surface area contributed by atoms with Crippen LogP contribution in [0.1, 0.15) is 29.7 Å². The Labute approximate surface area is 145 Å². The Hall–Kier alpha value is -2.33. The fourth-order valence-corrected chi connectivity index (χ4v) is 3.51. The van der Waals surface area contributed by atoms with E-state index < -0.39 is 0 Å². The molecule has 4 rings (SSSR count). The monoisotopic (exact) mass is 339 g/mol. The van der Waals surface area contributed by atoms with E-state index in [4.69, 9.17) is 11.6 Å². The van der Waals surface area contributed by atoms with Crippen LogP contribution >= 0.6 is 11.6 Å². The Kier molecular flexibility index (Phi) is 3.98. The van der Waals surface area contributed by atoms with Gasteiger partial charge >= 0.3 is 0 Å². The maximum Gasteiger partial charge on any atom is 0.258 e. The zero-order chi connectivity index (χ0) is 16.5. The van der Waals surface area contributed by atoms with Crippen molar-refractivity contribution in [1.29, 1.82) is 0 Å². The Bertz CT molecular complexity index is 964. The first-order valence-corrected chi connectivity index (χ1v) is 8.61. The van der Waals surface area contributed by atoms with Gasteiger partial charge in [-0.05, 0) is 55.0 Å². The Morgan fingerprint density at radius 1 is 1.17 bits per heavy atom. The van der Waals surface area contributed by atoms with Crippen LogP contribution in [0.15, 0.2) is 47.4 Å². The van der Waals surface area contributed by atoms with Crippen molar-refractivity contribution in [3.05, 3.63) is 74.8 Å². The molecule has 0 bridgehead atoms. The summed E-state index contributed by atoms with van der Waals surface area (Å²) >= 11 is 5.94. The summed E-state index contributed by atoms with van der Waals surface area (Å²) < 4.78 is 1.47. The van der Waals surface area contributed by atoms with Gasteiger partial charge in [0.1, 0.15) is 5.65 Å². The molecule has 0 fully saturated rings. The van der Waals surface area contributed by atoms with Crippen LogP contribution in [-0.4, -0.2) is 9.38 Å². The third-order valence-corrected chi connectivity index (χ3v) is 4.76. The summed E-state index contributed by atoms with van der Waals surface area (Å²) in [5.41, 5.74) is 5.23. The lowest BCUT2D eigenvalue weighted by Crippen LogP contribution is -2.17.